The van der Waals surface area contributed by atoms with Crippen molar-refractivity contribution < 1.29 is 4.74 Å². The van der Waals surface area contributed by atoms with Crippen LogP contribution in [0, 0.1) is 0 Å². The molecule has 1 aromatic heterocycles. The Morgan fingerprint density at radius 1 is 0.955 bits per heavy atom. The summed E-state index contributed by atoms with van der Waals surface area (Å²) in [5.74, 6) is 2.79. The fourth-order valence-electron chi connectivity index (χ4n) is 2.26. The number of hydrogen-bond donors (Lipinski definition) is 1. The van der Waals surface area contributed by atoms with Gasteiger partial charge in [0.15, 0.2) is 0 Å². The minimum atomic E-state index is 0.279. The van der Waals surface area contributed by atoms with Gasteiger partial charge in [-0.1, -0.05) is 26.0 Å². The summed E-state index contributed by atoms with van der Waals surface area (Å²) in [6.07, 6.45) is 0. The minimum absolute atomic E-state index is 0.279. The highest BCUT2D eigenvalue weighted by molar-refractivity contribution is 5.90. The van der Waals surface area contributed by atoms with E-state index in [0.717, 1.165) is 34.0 Å². The van der Waals surface area contributed by atoms with Crippen LogP contribution in [-0.4, -0.2) is 17.1 Å². The monoisotopic (exact) mass is 293 g/mol. The Balaban J connectivity index is 2.04. The van der Waals surface area contributed by atoms with Gasteiger partial charge in [0.25, 0.3) is 0 Å². The second-order valence-corrected chi connectivity index (χ2v) is 5.46. The first-order valence-electron chi connectivity index (χ1n) is 7.35. The fourth-order valence-corrected chi connectivity index (χ4v) is 2.26. The lowest BCUT2D eigenvalue weighted by atomic mass is 10.1. The van der Waals surface area contributed by atoms with Crippen LogP contribution in [0.4, 0.5) is 11.5 Å². The van der Waals surface area contributed by atoms with Crippen molar-refractivity contribution in [3.05, 3.63) is 54.4 Å². The maximum Gasteiger partial charge on any atom is 0.142 e. The van der Waals surface area contributed by atoms with Crippen molar-refractivity contribution in [3.63, 3.8) is 0 Å². The fraction of sp³-hybridized carbons (Fsp3) is 0.222. The van der Waals surface area contributed by atoms with Crippen molar-refractivity contribution >= 4 is 22.4 Å². The molecular weight excluding hydrogens is 274 g/mol. The predicted octanol–water partition coefficient (Wildman–Crippen LogP) is 4.51. The largest absolute Gasteiger partial charge is 0.497 e. The van der Waals surface area contributed by atoms with E-state index in [9.17, 15) is 0 Å². The summed E-state index contributed by atoms with van der Waals surface area (Å²) in [7, 11) is 1.66. The Morgan fingerprint density at radius 2 is 1.68 bits per heavy atom. The SMILES string of the molecule is COc1ccc(Nc2nc(C(C)C)nc3ccccc23)cc1. The van der Waals surface area contributed by atoms with E-state index in [1.807, 2.05) is 48.5 Å². The summed E-state index contributed by atoms with van der Waals surface area (Å²) >= 11 is 0. The lowest BCUT2D eigenvalue weighted by Gasteiger charge is -2.12. The first-order valence-corrected chi connectivity index (χ1v) is 7.35. The van der Waals surface area contributed by atoms with E-state index in [2.05, 4.69) is 29.1 Å². The Labute approximate surface area is 130 Å². The van der Waals surface area contributed by atoms with Gasteiger partial charge in [-0.3, -0.25) is 0 Å². The summed E-state index contributed by atoms with van der Waals surface area (Å²) in [4.78, 5) is 9.32. The van der Waals surface area contributed by atoms with Gasteiger partial charge in [0.05, 0.1) is 12.6 Å². The van der Waals surface area contributed by atoms with Crippen LogP contribution in [0.15, 0.2) is 48.5 Å². The summed E-state index contributed by atoms with van der Waals surface area (Å²) in [5.41, 5.74) is 1.93. The second kappa shape index (κ2) is 6.02. The number of nitrogens with zero attached hydrogens (tertiary/aromatic N) is 2. The van der Waals surface area contributed by atoms with Crippen LogP contribution in [0.3, 0.4) is 0 Å². The van der Waals surface area contributed by atoms with E-state index in [-0.39, 0.29) is 5.92 Å². The maximum atomic E-state index is 5.19. The standard InChI is InChI=1S/C18H19N3O/c1-12(2)17-20-16-7-5-4-6-15(16)18(21-17)19-13-8-10-14(22-3)11-9-13/h4-12H,1-3H3,(H,19,20,21). The molecule has 0 aliphatic heterocycles. The van der Waals surface area contributed by atoms with Gasteiger partial charge >= 0.3 is 0 Å². The third-order valence-electron chi connectivity index (χ3n) is 3.49. The Kier molecular flexibility index (Phi) is 3.92. The van der Waals surface area contributed by atoms with Crippen molar-refractivity contribution in [2.75, 3.05) is 12.4 Å². The normalized spacial score (nSPS) is 10.9. The van der Waals surface area contributed by atoms with Crippen LogP contribution in [0.25, 0.3) is 10.9 Å². The Bertz CT molecular complexity index is 782. The smallest absolute Gasteiger partial charge is 0.142 e. The average Bonchev–Trinajstić information content (AvgIpc) is 2.55. The van der Waals surface area contributed by atoms with Crippen molar-refractivity contribution in [1.82, 2.24) is 9.97 Å². The molecule has 4 nitrogen and oxygen atoms in total. The van der Waals surface area contributed by atoms with E-state index in [4.69, 9.17) is 4.74 Å². The number of ether oxygens (including phenoxy) is 1. The van der Waals surface area contributed by atoms with Gasteiger partial charge in [0.2, 0.25) is 0 Å². The zero-order valence-electron chi connectivity index (χ0n) is 13.0. The number of methoxy groups -OCH3 is 1. The van der Waals surface area contributed by atoms with Gasteiger partial charge < -0.3 is 10.1 Å². The van der Waals surface area contributed by atoms with Gasteiger partial charge in [-0.25, -0.2) is 9.97 Å². The van der Waals surface area contributed by atoms with E-state index < -0.39 is 0 Å². The minimum Gasteiger partial charge on any atom is -0.497 e. The molecule has 0 aliphatic rings. The molecule has 0 fully saturated rings. The number of hydrogen-bond acceptors (Lipinski definition) is 4. The molecule has 2 aromatic carbocycles. The number of rotatable bonds is 4. The zero-order chi connectivity index (χ0) is 15.5. The Hall–Kier alpha value is -2.62. The third-order valence-corrected chi connectivity index (χ3v) is 3.49. The van der Waals surface area contributed by atoms with Gasteiger partial charge in [0.1, 0.15) is 17.4 Å². The van der Waals surface area contributed by atoms with Crippen LogP contribution in [0.2, 0.25) is 0 Å². The van der Waals surface area contributed by atoms with E-state index in [1.54, 1.807) is 7.11 Å². The predicted molar refractivity (Wildman–Crippen MR) is 89.9 cm³/mol. The molecule has 0 saturated heterocycles. The van der Waals surface area contributed by atoms with Crippen LogP contribution >= 0.6 is 0 Å². The summed E-state index contributed by atoms with van der Waals surface area (Å²) in [6, 6.07) is 15.9. The molecule has 1 N–H and O–H groups in total. The summed E-state index contributed by atoms with van der Waals surface area (Å²) in [6.45, 7) is 4.20. The topological polar surface area (TPSA) is 47.0 Å². The van der Waals surface area contributed by atoms with Crippen LogP contribution in [-0.2, 0) is 0 Å². The zero-order valence-corrected chi connectivity index (χ0v) is 13.0. The van der Waals surface area contributed by atoms with Crippen LogP contribution < -0.4 is 10.1 Å². The lowest BCUT2D eigenvalue weighted by Crippen LogP contribution is -2.03. The van der Waals surface area contributed by atoms with Crippen molar-refractivity contribution in [2.45, 2.75) is 19.8 Å². The van der Waals surface area contributed by atoms with E-state index >= 15 is 0 Å². The second-order valence-electron chi connectivity index (χ2n) is 5.46. The average molecular weight is 293 g/mol. The molecule has 0 atom stereocenters. The van der Waals surface area contributed by atoms with Crippen molar-refractivity contribution in [3.8, 4) is 5.75 Å². The van der Waals surface area contributed by atoms with Crippen LogP contribution in [0.1, 0.15) is 25.6 Å². The molecule has 0 radical (unpaired) electrons. The van der Waals surface area contributed by atoms with Gasteiger partial charge in [-0.05, 0) is 36.4 Å². The molecule has 0 aliphatic carbocycles. The molecule has 0 unspecified atom stereocenters. The molecular formula is C18H19N3O. The molecule has 3 aromatic rings. The molecule has 1 heterocycles. The van der Waals surface area contributed by atoms with Crippen molar-refractivity contribution in [2.24, 2.45) is 0 Å². The molecule has 4 heteroatoms. The maximum absolute atomic E-state index is 5.19. The first-order chi connectivity index (χ1) is 10.7. The van der Waals surface area contributed by atoms with Gasteiger partial charge in [0, 0.05) is 17.0 Å². The first kappa shape index (κ1) is 14.3. The van der Waals surface area contributed by atoms with Crippen molar-refractivity contribution in [1.29, 1.82) is 0 Å². The van der Waals surface area contributed by atoms with Crippen LogP contribution in [0.5, 0.6) is 5.75 Å². The van der Waals surface area contributed by atoms with Gasteiger partial charge in [-0.15, -0.1) is 0 Å². The number of anilines is 2. The Morgan fingerprint density at radius 3 is 2.36 bits per heavy atom. The quantitative estimate of drug-likeness (QED) is 0.769. The molecule has 0 spiro atoms. The number of para-hydroxylation sites is 1. The number of aromatic nitrogens is 2. The molecule has 0 saturated carbocycles. The molecule has 0 bridgehead atoms. The molecule has 112 valence electrons. The third kappa shape index (κ3) is 2.86. The highest BCUT2D eigenvalue weighted by atomic mass is 16.5. The summed E-state index contributed by atoms with van der Waals surface area (Å²) < 4.78 is 5.19. The van der Waals surface area contributed by atoms with Gasteiger partial charge in [-0.2, -0.15) is 0 Å². The van der Waals surface area contributed by atoms with E-state index in [0.29, 0.717) is 0 Å². The molecule has 22 heavy (non-hydrogen) atoms. The number of fused-ring (bicyclic) bond motifs is 1. The number of benzene rings is 2. The highest BCUT2D eigenvalue weighted by Gasteiger charge is 2.10. The molecule has 0 amide bonds. The highest BCUT2D eigenvalue weighted by Crippen LogP contribution is 2.26. The molecule has 3 rings (SSSR count). The lowest BCUT2D eigenvalue weighted by molar-refractivity contribution is 0.415. The van der Waals surface area contributed by atoms with E-state index in [1.165, 1.54) is 0 Å². The number of nitrogens with one attached hydrogen (secondary N) is 1. The summed E-state index contributed by atoms with van der Waals surface area (Å²) in [5, 5.41) is 4.40.